The van der Waals surface area contributed by atoms with Gasteiger partial charge < -0.3 is 10.2 Å². The van der Waals surface area contributed by atoms with Crippen molar-refractivity contribution in [1.82, 2.24) is 10.3 Å². The number of pyridine rings is 1. The number of anilines is 1. The van der Waals surface area contributed by atoms with Crippen molar-refractivity contribution in [3.63, 3.8) is 0 Å². The van der Waals surface area contributed by atoms with Crippen LogP contribution in [0.2, 0.25) is 0 Å². The van der Waals surface area contributed by atoms with Crippen LogP contribution in [0, 0.1) is 0 Å². The smallest absolute Gasteiger partial charge is 0.251 e. The van der Waals surface area contributed by atoms with E-state index in [2.05, 4.69) is 10.3 Å². The van der Waals surface area contributed by atoms with Crippen molar-refractivity contribution in [2.45, 2.75) is 13.0 Å². The molecule has 1 amide bonds. The zero-order valence-corrected chi connectivity index (χ0v) is 12.0. The van der Waals surface area contributed by atoms with E-state index >= 15 is 0 Å². The Morgan fingerprint density at radius 2 is 1.90 bits per heavy atom. The predicted molar refractivity (Wildman–Crippen MR) is 80.9 cm³/mol. The van der Waals surface area contributed by atoms with Gasteiger partial charge in [-0.25, -0.2) is 4.98 Å². The third kappa shape index (κ3) is 3.35. The van der Waals surface area contributed by atoms with Gasteiger partial charge in [0.25, 0.3) is 5.91 Å². The molecule has 1 heterocycles. The van der Waals surface area contributed by atoms with Gasteiger partial charge >= 0.3 is 0 Å². The summed E-state index contributed by atoms with van der Waals surface area (Å²) in [5, 5.41) is 2.99. The average molecular weight is 269 g/mol. The largest absolute Gasteiger partial charge is 0.363 e. The highest BCUT2D eigenvalue weighted by Gasteiger charge is 2.12. The van der Waals surface area contributed by atoms with Gasteiger partial charge in [-0.05, 0) is 24.6 Å². The van der Waals surface area contributed by atoms with Crippen LogP contribution in [0.25, 0.3) is 0 Å². The van der Waals surface area contributed by atoms with Crippen molar-refractivity contribution in [2.24, 2.45) is 0 Å². The van der Waals surface area contributed by atoms with E-state index in [1.807, 2.05) is 56.3 Å². The maximum absolute atomic E-state index is 12.2. The van der Waals surface area contributed by atoms with Crippen LogP contribution in [0.15, 0.2) is 48.7 Å². The van der Waals surface area contributed by atoms with E-state index in [0.717, 1.165) is 11.4 Å². The minimum absolute atomic E-state index is 0.0281. The molecule has 1 unspecified atom stereocenters. The standard InChI is InChI=1S/C16H19N3O/c1-12(13-7-5-4-6-8-13)18-16(20)14-9-10-17-15(11-14)19(2)3/h4-12H,1-3H3,(H,18,20). The second-order valence-electron chi connectivity index (χ2n) is 4.90. The predicted octanol–water partition coefficient (Wildman–Crippen LogP) is 2.64. The third-order valence-electron chi connectivity index (χ3n) is 3.11. The van der Waals surface area contributed by atoms with Crippen molar-refractivity contribution in [1.29, 1.82) is 0 Å². The Kier molecular flexibility index (Phi) is 4.35. The van der Waals surface area contributed by atoms with Crippen LogP contribution in [-0.2, 0) is 0 Å². The molecule has 0 saturated heterocycles. The molecule has 0 aliphatic carbocycles. The van der Waals surface area contributed by atoms with Crippen molar-refractivity contribution in [2.75, 3.05) is 19.0 Å². The highest BCUT2D eigenvalue weighted by molar-refractivity contribution is 5.95. The molecule has 1 aromatic carbocycles. The Labute approximate surface area is 119 Å². The van der Waals surface area contributed by atoms with Gasteiger partial charge in [0, 0.05) is 25.9 Å². The lowest BCUT2D eigenvalue weighted by Crippen LogP contribution is -2.27. The number of carbonyl (C=O) groups is 1. The van der Waals surface area contributed by atoms with Crippen LogP contribution in [-0.4, -0.2) is 25.0 Å². The van der Waals surface area contributed by atoms with Crippen LogP contribution in [0.3, 0.4) is 0 Å². The van der Waals surface area contributed by atoms with E-state index in [-0.39, 0.29) is 11.9 Å². The molecule has 0 spiro atoms. The van der Waals surface area contributed by atoms with Gasteiger partial charge in [0.15, 0.2) is 0 Å². The molecule has 2 aromatic rings. The van der Waals surface area contributed by atoms with Crippen molar-refractivity contribution in [3.8, 4) is 0 Å². The molecule has 2 rings (SSSR count). The molecular weight excluding hydrogens is 250 g/mol. The third-order valence-corrected chi connectivity index (χ3v) is 3.11. The molecule has 0 radical (unpaired) electrons. The van der Waals surface area contributed by atoms with Crippen LogP contribution < -0.4 is 10.2 Å². The fourth-order valence-corrected chi connectivity index (χ4v) is 1.91. The summed E-state index contributed by atoms with van der Waals surface area (Å²) in [5.74, 6) is 0.678. The molecule has 1 atom stereocenters. The molecule has 1 N–H and O–H groups in total. The molecule has 104 valence electrons. The highest BCUT2D eigenvalue weighted by Crippen LogP contribution is 2.14. The lowest BCUT2D eigenvalue weighted by Gasteiger charge is -2.16. The summed E-state index contributed by atoms with van der Waals surface area (Å²) in [6.45, 7) is 1.97. The molecule has 0 bridgehead atoms. The number of nitrogens with zero attached hydrogens (tertiary/aromatic N) is 2. The van der Waals surface area contributed by atoms with E-state index in [9.17, 15) is 4.79 Å². The summed E-state index contributed by atoms with van der Waals surface area (Å²) in [7, 11) is 3.80. The molecule has 0 aliphatic rings. The van der Waals surface area contributed by atoms with E-state index in [1.165, 1.54) is 0 Å². The molecule has 20 heavy (non-hydrogen) atoms. The van der Waals surface area contributed by atoms with Gasteiger partial charge in [-0.15, -0.1) is 0 Å². The monoisotopic (exact) mass is 269 g/mol. The van der Waals surface area contributed by atoms with Crippen LogP contribution in [0.5, 0.6) is 0 Å². The van der Waals surface area contributed by atoms with E-state index in [4.69, 9.17) is 0 Å². The quantitative estimate of drug-likeness (QED) is 0.928. The van der Waals surface area contributed by atoms with Crippen molar-refractivity contribution >= 4 is 11.7 Å². The Balaban J connectivity index is 2.10. The van der Waals surface area contributed by atoms with Gasteiger partial charge in [0.05, 0.1) is 6.04 Å². The minimum atomic E-state index is -0.0909. The first-order valence-corrected chi connectivity index (χ1v) is 6.57. The summed E-state index contributed by atoms with van der Waals surface area (Å²) in [6, 6.07) is 13.4. The number of carbonyl (C=O) groups excluding carboxylic acids is 1. The fraction of sp³-hybridized carbons (Fsp3) is 0.250. The molecule has 4 nitrogen and oxygen atoms in total. The maximum atomic E-state index is 12.2. The van der Waals surface area contributed by atoms with Gasteiger partial charge in [0.1, 0.15) is 5.82 Å². The Bertz CT molecular complexity index is 581. The molecule has 0 aliphatic heterocycles. The SMILES string of the molecule is CC(NC(=O)c1ccnc(N(C)C)c1)c1ccccc1. The zero-order chi connectivity index (χ0) is 14.5. The number of aromatic nitrogens is 1. The van der Waals surface area contributed by atoms with Crippen LogP contribution in [0.1, 0.15) is 28.9 Å². The second-order valence-corrected chi connectivity index (χ2v) is 4.90. The number of hydrogen-bond donors (Lipinski definition) is 1. The zero-order valence-electron chi connectivity index (χ0n) is 12.0. The summed E-state index contributed by atoms with van der Waals surface area (Å²) >= 11 is 0. The molecule has 4 heteroatoms. The summed E-state index contributed by atoms with van der Waals surface area (Å²) < 4.78 is 0. The summed E-state index contributed by atoms with van der Waals surface area (Å²) in [6.07, 6.45) is 1.65. The maximum Gasteiger partial charge on any atom is 0.251 e. The molecule has 0 saturated carbocycles. The normalized spacial score (nSPS) is 11.8. The number of hydrogen-bond acceptors (Lipinski definition) is 3. The number of amides is 1. The minimum Gasteiger partial charge on any atom is -0.363 e. The number of nitrogens with one attached hydrogen (secondary N) is 1. The van der Waals surface area contributed by atoms with Gasteiger partial charge in [-0.3, -0.25) is 4.79 Å². The lowest BCUT2D eigenvalue weighted by molar-refractivity contribution is 0.0940. The summed E-state index contributed by atoms with van der Waals surface area (Å²) in [4.78, 5) is 18.3. The molecule has 1 aromatic heterocycles. The number of benzene rings is 1. The van der Waals surface area contributed by atoms with Gasteiger partial charge in [-0.2, -0.15) is 0 Å². The second kappa shape index (κ2) is 6.19. The van der Waals surface area contributed by atoms with Gasteiger partial charge in [0.2, 0.25) is 0 Å². The molecular formula is C16H19N3O. The van der Waals surface area contributed by atoms with Crippen LogP contribution in [0.4, 0.5) is 5.82 Å². The van der Waals surface area contributed by atoms with Crippen molar-refractivity contribution in [3.05, 3.63) is 59.8 Å². The lowest BCUT2D eigenvalue weighted by atomic mass is 10.1. The fourth-order valence-electron chi connectivity index (χ4n) is 1.91. The first-order chi connectivity index (χ1) is 9.58. The first-order valence-electron chi connectivity index (χ1n) is 6.57. The van der Waals surface area contributed by atoms with E-state index in [0.29, 0.717) is 5.56 Å². The highest BCUT2D eigenvalue weighted by atomic mass is 16.1. The number of rotatable bonds is 4. The Morgan fingerprint density at radius 3 is 2.55 bits per heavy atom. The van der Waals surface area contributed by atoms with E-state index < -0.39 is 0 Å². The average Bonchev–Trinajstić information content (AvgIpc) is 2.48. The Morgan fingerprint density at radius 1 is 1.20 bits per heavy atom. The topological polar surface area (TPSA) is 45.2 Å². The molecule has 0 fully saturated rings. The van der Waals surface area contributed by atoms with Crippen LogP contribution >= 0.6 is 0 Å². The summed E-state index contributed by atoms with van der Waals surface area (Å²) in [5.41, 5.74) is 1.70. The Hall–Kier alpha value is -2.36. The van der Waals surface area contributed by atoms with Gasteiger partial charge in [-0.1, -0.05) is 30.3 Å². The van der Waals surface area contributed by atoms with Crippen molar-refractivity contribution < 1.29 is 4.79 Å². The van der Waals surface area contributed by atoms with E-state index in [1.54, 1.807) is 18.3 Å². The first kappa shape index (κ1) is 14.1.